The minimum absolute atomic E-state index is 0.180. The molecule has 6 nitrogen and oxygen atoms in total. The first-order valence-electron chi connectivity index (χ1n) is 11.9. The van der Waals surface area contributed by atoms with Gasteiger partial charge in [-0.05, 0) is 38.0 Å². The highest BCUT2D eigenvalue weighted by molar-refractivity contribution is 6.16. The molecular weight excluding hydrogens is 436 g/mol. The van der Waals surface area contributed by atoms with Gasteiger partial charge in [0.2, 0.25) is 11.8 Å². The number of nitrogens with one attached hydrogen (secondary N) is 2. The molecule has 2 N–H and O–H groups in total. The Morgan fingerprint density at radius 1 is 1.03 bits per heavy atom. The number of aliphatic imine (C=N–C) groups is 1. The number of anilines is 1. The lowest BCUT2D eigenvalue weighted by Gasteiger charge is -2.24. The Bertz CT molecular complexity index is 1250. The molecule has 0 spiro atoms. The Labute approximate surface area is 207 Å². The number of fused-ring (bicyclic) bond motifs is 1. The van der Waals surface area contributed by atoms with E-state index in [9.17, 15) is 9.59 Å². The Morgan fingerprint density at radius 3 is 2.51 bits per heavy atom. The third-order valence-corrected chi connectivity index (χ3v) is 6.28. The Kier molecular flexibility index (Phi) is 7.30. The standard InChI is InChI=1S/C29H32N4O2/c1-19-14-15-20(2)23(16-19)17-27(34)30-21(3)29(35)32-26-18-33(4)25-13-9-8-12-24(25)28(31-26)22-10-6-5-7-11-22/h5-16,21,26H,17-18H2,1-4H3,(H,30,34)(H,32,35)/t21-,26+/m0/s1. The number of carbonyl (C=O) groups is 2. The van der Waals surface area contributed by atoms with E-state index in [1.165, 1.54) is 0 Å². The van der Waals surface area contributed by atoms with E-state index < -0.39 is 12.2 Å². The summed E-state index contributed by atoms with van der Waals surface area (Å²) in [5.41, 5.74) is 7.04. The van der Waals surface area contributed by atoms with Crippen LogP contribution in [0.25, 0.3) is 0 Å². The molecule has 0 bridgehead atoms. The van der Waals surface area contributed by atoms with Crippen LogP contribution in [0.15, 0.2) is 77.8 Å². The van der Waals surface area contributed by atoms with Crippen molar-refractivity contribution < 1.29 is 9.59 Å². The number of benzodiazepines with no additional fused rings is 1. The van der Waals surface area contributed by atoms with Gasteiger partial charge in [0.1, 0.15) is 12.2 Å². The monoisotopic (exact) mass is 468 g/mol. The molecule has 0 aromatic heterocycles. The zero-order chi connectivity index (χ0) is 24.9. The van der Waals surface area contributed by atoms with Crippen LogP contribution in [0.2, 0.25) is 0 Å². The number of hydrogen-bond acceptors (Lipinski definition) is 4. The van der Waals surface area contributed by atoms with E-state index in [4.69, 9.17) is 4.99 Å². The second-order valence-corrected chi connectivity index (χ2v) is 9.16. The fraction of sp³-hybridized carbons (Fsp3) is 0.276. The summed E-state index contributed by atoms with van der Waals surface area (Å²) in [4.78, 5) is 32.7. The van der Waals surface area contributed by atoms with E-state index in [2.05, 4.69) is 27.7 Å². The van der Waals surface area contributed by atoms with Crippen LogP contribution in [-0.4, -0.2) is 43.3 Å². The van der Waals surface area contributed by atoms with Crippen molar-refractivity contribution in [1.29, 1.82) is 0 Å². The van der Waals surface area contributed by atoms with Crippen LogP contribution in [0.4, 0.5) is 5.69 Å². The molecule has 0 aliphatic carbocycles. The Balaban J connectivity index is 1.49. The van der Waals surface area contributed by atoms with Crippen molar-refractivity contribution >= 4 is 23.2 Å². The van der Waals surface area contributed by atoms with Gasteiger partial charge in [-0.3, -0.25) is 14.6 Å². The number of carbonyl (C=O) groups excluding carboxylic acids is 2. The number of benzene rings is 3. The maximum atomic E-state index is 13.0. The van der Waals surface area contributed by atoms with Gasteiger partial charge in [-0.25, -0.2) is 0 Å². The average Bonchev–Trinajstić information content (AvgIpc) is 2.98. The topological polar surface area (TPSA) is 73.8 Å². The molecule has 0 fully saturated rings. The van der Waals surface area contributed by atoms with Gasteiger partial charge in [0.15, 0.2) is 0 Å². The first-order valence-corrected chi connectivity index (χ1v) is 11.9. The van der Waals surface area contributed by atoms with E-state index in [0.29, 0.717) is 6.54 Å². The maximum absolute atomic E-state index is 13.0. The fourth-order valence-corrected chi connectivity index (χ4v) is 4.35. The summed E-state index contributed by atoms with van der Waals surface area (Å²) >= 11 is 0. The summed E-state index contributed by atoms with van der Waals surface area (Å²) in [7, 11) is 2.00. The fourth-order valence-electron chi connectivity index (χ4n) is 4.35. The maximum Gasteiger partial charge on any atom is 0.243 e. The predicted octanol–water partition coefficient (Wildman–Crippen LogP) is 3.78. The first kappa shape index (κ1) is 24.2. The molecule has 4 rings (SSSR count). The molecule has 180 valence electrons. The van der Waals surface area contributed by atoms with Crippen molar-refractivity contribution in [3.63, 3.8) is 0 Å². The van der Waals surface area contributed by atoms with Crippen LogP contribution in [-0.2, 0) is 16.0 Å². The van der Waals surface area contributed by atoms with Gasteiger partial charge in [0.25, 0.3) is 0 Å². The number of hydrogen-bond donors (Lipinski definition) is 2. The Hall–Kier alpha value is -3.93. The molecule has 0 radical (unpaired) electrons. The van der Waals surface area contributed by atoms with Crippen molar-refractivity contribution in [1.82, 2.24) is 10.6 Å². The van der Waals surface area contributed by atoms with E-state index in [-0.39, 0.29) is 18.2 Å². The highest BCUT2D eigenvalue weighted by Gasteiger charge is 2.25. The number of likely N-dealkylation sites (N-methyl/N-ethyl adjacent to an activating group) is 1. The van der Waals surface area contributed by atoms with Crippen LogP contribution in [0.5, 0.6) is 0 Å². The van der Waals surface area contributed by atoms with Crippen LogP contribution in [0.1, 0.15) is 34.7 Å². The van der Waals surface area contributed by atoms with Gasteiger partial charge in [0.05, 0.1) is 18.7 Å². The lowest BCUT2D eigenvalue weighted by Crippen LogP contribution is -2.50. The second-order valence-electron chi connectivity index (χ2n) is 9.16. The van der Waals surface area contributed by atoms with Gasteiger partial charge in [-0.15, -0.1) is 0 Å². The number of nitrogens with zero attached hydrogens (tertiary/aromatic N) is 2. The zero-order valence-electron chi connectivity index (χ0n) is 20.7. The van der Waals surface area contributed by atoms with Gasteiger partial charge in [0, 0.05) is 23.9 Å². The molecule has 3 aromatic rings. The lowest BCUT2D eigenvalue weighted by molar-refractivity contribution is -0.128. The third-order valence-electron chi connectivity index (χ3n) is 6.28. The summed E-state index contributed by atoms with van der Waals surface area (Å²) < 4.78 is 0. The number of para-hydroxylation sites is 1. The quantitative estimate of drug-likeness (QED) is 0.578. The molecule has 3 aromatic carbocycles. The second kappa shape index (κ2) is 10.6. The number of rotatable bonds is 6. The molecule has 2 amide bonds. The van der Waals surface area contributed by atoms with Gasteiger partial charge < -0.3 is 15.5 Å². The lowest BCUT2D eigenvalue weighted by atomic mass is 10.0. The zero-order valence-corrected chi connectivity index (χ0v) is 20.7. The summed E-state index contributed by atoms with van der Waals surface area (Å²) in [5, 5.41) is 5.87. The molecule has 0 saturated carbocycles. The molecule has 2 atom stereocenters. The normalized spacial score (nSPS) is 15.9. The van der Waals surface area contributed by atoms with Crippen molar-refractivity contribution in [2.24, 2.45) is 4.99 Å². The molecule has 35 heavy (non-hydrogen) atoms. The number of amides is 2. The third kappa shape index (κ3) is 5.77. The van der Waals surface area contributed by atoms with Crippen LogP contribution < -0.4 is 15.5 Å². The summed E-state index contributed by atoms with van der Waals surface area (Å²) in [6, 6.07) is 23.5. The number of aryl methyl sites for hydroxylation is 2. The van der Waals surface area contributed by atoms with Gasteiger partial charge >= 0.3 is 0 Å². The predicted molar refractivity (Wildman–Crippen MR) is 141 cm³/mol. The van der Waals surface area contributed by atoms with Crippen molar-refractivity contribution in [2.75, 3.05) is 18.5 Å². The van der Waals surface area contributed by atoms with Crippen molar-refractivity contribution in [2.45, 2.75) is 39.4 Å². The summed E-state index contributed by atoms with van der Waals surface area (Å²) in [6.07, 6.45) is -0.225. The van der Waals surface area contributed by atoms with Crippen molar-refractivity contribution in [3.8, 4) is 0 Å². The first-order chi connectivity index (χ1) is 16.8. The van der Waals surface area contributed by atoms with E-state index in [1.807, 2.05) is 81.6 Å². The molecule has 0 unspecified atom stereocenters. The van der Waals surface area contributed by atoms with Crippen LogP contribution in [0.3, 0.4) is 0 Å². The van der Waals surface area contributed by atoms with E-state index in [1.54, 1.807) is 6.92 Å². The smallest absolute Gasteiger partial charge is 0.243 e. The molecule has 6 heteroatoms. The molecule has 1 heterocycles. The minimum atomic E-state index is -0.682. The average molecular weight is 469 g/mol. The van der Waals surface area contributed by atoms with E-state index >= 15 is 0 Å². The highest BCUT2D eigenvalue weighted by atomic mass is 16.2. The SMILES string of the molecule is Cc1ccc(C)c(CC(=O)N[C@@H](C)C(=O)N[C@@H]2CN(C)c3ccccc3C(c3ccccc3)=N2)c1. The summed E-state index contributed by atoms with van der Waals surface area (Å²) in [6.45, 7) is 6.21. The minimum Gasteiger partial charge on any atom is -0.370 e. The van der Waals surface area contributed by atoms with Crippen LogP contribution in [0, 0.1) is 13.8 Å². The van der Waals surface area contributed by atoms with Gasteiger partial charge in [-0.1, -0.05) is 72.3 Å². The highest BCUT2D eigenvalue weighted by Crippen LogP contribution is 2.26. The van der Waals surface area contributed by atoms with Crippen molar-refractivity contribution in [3.05, 3.63) is 101 Å². The largest absolute Gasteiger partial charge is 0.370 e. The van der Waals surface area contributed by atoms with Gasteiger partial charge in [-0.2, -0.15) is 0 Å². The Morgan fingerprint density at radius 2 is 1.74 bits per heavy atom. The van der Waals surface area contributed by atoms with E-state index in [0.717, 1.165) is 39.2 Å². The molecule has 1 aliphatic heterocycles. The van der Waals surface area contributed by atoms with Crippen LogP contribution >= 0.6 is 0 Å². The molecular formula is C29H32N4O2. The summed E-state index contributed by atoms with van der Waals surface area (Å²) in [5.74, 6) is -0.444. The molecule has 1 aliphatic rings. The molecule has 0 saturated heterocycles.